The van der Waals surface area contributed by atoms with Gasteiger partial charge in [0.1, 0.15) is 0 Å². The molecule has 38 heavy (non-hydrogen) atoms. The highest BCUT2D eigenvalue weighted by atomic mass is 16.1. The molecule has 0 spiro atoms. The highest BCUT2D eigenvalue weighted by Gasteiger charge is 2.22. The van der Waals surface area contributed by atoms with Gasteiger partial charge in [0, 0.05) is 56.1 Å². The predicted molar refractivity (Wildman–Crippen MR) is 161 cm³/mol. The predicted octanol–water partition coefficient (Wildman–Crippen LogP) is 7.19. The van der Waals surface area contributed by atoms with E-state index in [-0.39, 0.29) is 11.6 Å². The number of hydrogen-bond donors (Lipinski definition) is 0. The van der Waals surface area contributed by atoms with Crippen molar-refractivity contribution in [3.63, 3.8) is 0 Å². The Kier molecular flexibility index (Phi) is 7.00. The van der Waals surface area contributed by atoms with E-state index in [1.165, 1.54) is 57.2 Å². The fourth-order valence-electron chi connectivity index (χ4n) is 6.40. The number of anilines is 2. The molecule has 0 aliphatic heterocycles. The molecular weight excluding hydrogens is 468 g/mol. The molecule has 0 radical (unpaired) electrons. The van der Waals surface area contributed by atoms with Crippen LogP contribution in [-0.2, 0) is 25.7 Å². The van der Waals surface area contributed by atoms with Gasteiger partial charge in [-0.15, -0.1) is 0 Å². The zero-order valence-electron chi connectivity index (χ0n) is 23.6. The van der Waals surface area contributed by atoms with Crippen LogP contribution in [0.1, 0.15) is 69.7 Å². The van der Waals surface area contributed by atoms with E-state index in [4.69, 9.17) is 0 Å². The van der Waals surface area contributed by atoms with Crippen LogP contribution in [0.3, 0.4) is 0 Å². The van der Waals surface area contributed by atoms with Crippen molar-refractivity contribution in [1.29, 1.82) is 0 Å². The van der Waals surface area contributed by atoms with Gasteiger partial charge >= 0.3 is 0 Å². The average Bonchev–Trinajstić information content (AvgIpc) is 3.53. The molecule has 0 saturated heterocycles. The molecule has 0 heterocycles. The lowest BCUT2D eigenvalue weighted by molar-refractivity contribution is 0.101. The van der Waals surface area contributed by atoms with E-state index in [9.17, 15) is 9.59 Å². The summed E-state index contributed by atoms with van der Waals surface area (Å²) in [5.74, 6) is 0.390. The summed E-state index contributed by atoms with van der Waals surface area (Å²) in [5, 5.41) is 4.62. The third kappa shape index (κ3) is 4.57. The maximum atomic E-state index is 12.1. The number of benzene rings is 4. The molecule has 2 aliphatic carbocycles. The van der Waals surface area contributed by atoms with Crippen molar-refractivity contribution in [3.05, 3.63) is 81.9 Å². The molecule has 2 aliphatic rings. The monoisotopic (exact) mass is 506 g/mol. The molecule has 4 aromatic carbocycles. The average molecular weight is 507 g/mol. The van der Waals surface area contributed by atoms with Crippen molar-refractivity contribution in [2.45, 2.75) is 52.4 Å². The maximum absolute atomic E-state index is 12.1. The van der Waals surface area contributed by atoms with Crippen molar-refractivity contribution in [2.75, 3.05) is 38.0 Å². The van der Waals surface area contributed by atoms with Gasteiger partial charge < -0.3 is 9.80 Å². The van der Waals surface area contributed by atoms with Gasteiger partial charge in [0.05, 0.1) is 0 Å². The van der Waals surface area contributed by atoms with E-state index in [2.05, 4.69) is 66.4 Å². The molecular formula is C34H38N2O2. The summed E-state index contributed by atoms with van der Waals surface area (Å²) < 4.78 is 0. The molecule has 0 aromatic heterocycles. The van der Waals surface area contributed by atoms with Crippen LogP contribution in [0.15, 0.2) is 48.5 Å². The Morgan fingerprint density at radius 1 is 0.632 bits per heavy atom. The summed E-state index contributed by atoms with van der Waals surface area (Å²) in [7, 11) is 8.19. The molecule has 196 valence electrons. The highest BCUT2D eigenvalue weighted by Crippen LogP contribution is 2.37. The number of rotatable bonds is 4. The molecule has 0 bridgehead atoms. The molecule has 4 heteroatoms. The van der Waals surface area contributed by atoms with Crippen LogP contribution in [0.25, 0.3) is 21.5 Å². The lowest BCUT2D eigenvalue weighted by Gasteiger charge is -2.18. The van der Waals surface area contributed by atoms with E-state index in [1.54, 1.807) is 13.8 Å². The van der Waals surface area contributed by atoms with Crippen LogP contribution in [0.5, 0.6) is 0 Å². The Morgan fingerprint density at radius 3 is 1.82 bits per heavy atom. The first-order valence-corrected chi connectivity index (χ1v) is 13.7. The summed E-state index contributed by atoms with van der Waals surface area (Å²) in [6.45, 7) is 3.38. The standard InChI is InChI=1S/2C17H19NO/c1-11(19)17-13-7-4-6-12(13)10-15-14(17)8-5-9-16(15)18(2)3;1-11(19)17-15-6-4-5-12(15)9-13-10-14(18(2)3)7-8-16(13)17/h5,8-10H,4,6-7H2,1-3H3;7-10H,4-6H2,1-3H3. The zero-order chi connectivity index (χ0) is 27.1. The first kappa shape index (κ1) is 26.0. The van der Waals surface area contributed by atoms with Gasteiger partial charge in [-0.25, -0.2) is 0 Å². The van der Waals surface area contributed by atoms with Crippen molar-refractivity contribution >= 4 is 44.5 Å². The molecule has 4 aromatic rings. The van der Waals surface area contributed by atoms with Gasteiger partial charge in [-0.3, -0.25) is 9.59 Å². The van der Waals surface area contributed by atoms with E-state index in [0.717, 1.165) is 47.6 Å². The lowest BCUT2D eigenvalue weighted by atomic mass is 9.92. The quantitative estimate of drug-likeness (QED) is 0.275. The van der Waals surface area contributed by atoms with E-state index >= 15 is 0 Å². The molecule has 0 fully saturated rings. The van der Waals surface area contributed by atoms with Crippen molar-refractivity contribution < 1.29 is 9.59 Å². The molecule has 6 rings (SSSR count). The Bertz CT molecular complexity index is 1580. The summed E-state index contributed by atoms with van der Waals surface area (Å²) in [4.78, 5) is 28.3. The van der Waals surface area contributed by atoms with E-state index < -0.39 is 0 Å². The molecule has 0 N–H and O–H groups in total. The van der Waals surface area contributed by atoms with E-state index in [1.807, 2.05) is 20.2 Å². The van der Waals surface area contributed by atoms with Gasteiger partial charge in [-0.2, -0.15) is 0 Å². The van der Waals surface area contributed by atoms with Gasteiger partial charge in [0.2, 0.25) is 0 Å². The number of aryl methyl sites for hydroxylation is 2. The highest BCUT2D eigenvalue weighted by molar-refractivity contribution is 6.12. The van der Waals surface area contributed by atoms with Crippen LogP contribution in [0.4, 0.5) is 11.4 Å². The van der Waals surface area contributed by atoms with Crippen LogP contribution in [-0.4, -0.2) is 39.8 Å². The molecule has 0 amide bonds. The number of Topliss-reactive ketones (excluding diaryl/α,β-unsaturated/α-hetero) is 2. The van der Waals surface area contributed by atoms with Crippen LogP contribution in [0.2, 0.25) is 0 Å². The fourth-order valence-corrected chi connectivity index (χ4v) is 6.40. The molecule has 0 atom stereocenters. The zero-order valence-corrected chi connectivity index (χ0v) is 23.6. The van der Waals surface area contributed by atoms with Gasteiger partial charge in [-0.1, -0.05) is 24.3 Å². The van der Waals surface area contributed by atoms with Crippen LogP contribution in [0, 0.1) is 0 Å². The Morgan fingerprint density at radius 2 is 1.24 bits per heavy atom. The minimum Gasteiger partial charge on any atom is -0.378 e. The van der Waals surface area contributed by atoms with Crippen molar-refractivity contribution in [3.8, 4) is 0 Å². The lowest BCUT2D eigenvalue weighted by Crippen LogP contribution is -2.10. The van der Waals surface area contributed by atoms with Crippen molar-refractivity contribution in [1.82, 2.24) is 0 Å². The maximum Gasteiger partial charge on any atom is 0.160 e. The van der Waals surface area contributed by atoms with Crippen LogP contribution < -0.4 is 9.80 Å². The van der Waals surface area contributed by atoms with E-state index in [0.29, 0.717) is 0 Å². The summed E-state index contributed by atoms with van der Waals surface area (Å²) >= 11 is 0. The van der Waals surface area contributed by atoms with Gasteiger partial charge in [0.15, 0.2) is 11.6 Å². The minimum atomic E-state index is 0.194. The second-order valence-corrected chi connectivity index (χ2v) is 11.2. The summed E-state index contributed by atoms with van der Waals surface area (Å²) in [5.41, 5.74) is 9.59. The minimum absolute atomic E-state index is 0.194. The molecule has 0 saturated carbocycles. The Labute approximate surface area is 226 Å². The second-order valence-electron chi connectivity index (χ2n) is 11.2. The summed E-state index contributed by atoms with van der Waals surface area (Å²) in [6.07, 6.45) is 6.66. The van der Waals surface area contributed by atoms with Crippen molar-refractivity contribution in [2.24, 2.45) is 0 Å². The number of hydrogen-bond acceptors (Lipinski definition) is 4. The summed E-state index contributed by atoms with van der Waals surface area (Å²) in [6, 6.07) is 17.2. The van der Waals surface area contributed by atoms with Crippen LogP contribution >= 0.6 is 0 Å². The fraction of sp³-hybridized carbons (Fsp3) is 0.353. The van der Waals surface area contributed by atoms with Gasteiger partial charge in [-0.05, 0) is 115 Å². The third-order valence-corrected chi connectivity index (χ3v) is 8.13. The Hall–Kier alpha value is -3.66. The Balaban J connectivity index is 0.000000155. The first-order chi connectivity index (χ1) is 18.2. The largest absolute Gasteiger partial charge is 0.378 e. The number of nitrogens with zero attached hydrogens (tertiary/aromatic N) is 2. The molecule has 4 nitrogen and oxygen atoms in total. The number of ketones is 2. The number of carbonyl (C=O) groups excluding carboxylic acids is 2. The van der Waals surface area contributed by atoms with Gasteiger partial charge in [0.25, 0.3) is 0 Å². The molecule has 0 unspecified atom stereocenters. The first-order valence-electron chi connectivity index (χ1n) is 13.7. The topological polar surface area (TPSA) is 40.6 Å². The number of fused-ring (bicyclic) bond motifs is 4. The normalized spacial score (nSPS) is 13.6. The smallest absolute Gasteiger partial charge is 0.160 e. The second kappa shape index (κ2) is 10.2. The SMILES string of the molecule is CC(=O)c1c2c(cc3c(N(C)C)cccc13)CCC2.CC(=O)c1c2c(cc3cc(N(C)C)ccc13)CCC2. The third-order valence-electron chi connectivity index (χ3n) is 8.13. The number of carbonyl (C=O) groups is 2.